The molecule has 7 heteroatoms. The fourth-order valence-corrected chi connectivity index (χ4v) is 2.45. The normalized spacial score (nSPS) is 18.5. The van der Waals surface area contributed by atoms with Crippen molar-refractivity contribution in [2.75, 3.05) is 0 Å². The van der Waals surface area contributed by atoms with Gasteiger partial charge in [-0.3, -0.25) is 9.79 Å². The highest BCUT2D eigenvalue weighted by Gasteiger charge is 2.20. The SMILES string of the molecule is CC/C=C\CC(Cl)[C@H]1CC=CC(NC(=O)c2ccc(CO)nn2)=N1. The first-order valence-electron chi connectivity index (χ1n) is 7.92. The maximum atomic E-state index is 12.2. The van der Waals surface area contributed by atoms with Crippen LogP contribution in [0.3, 0.4) is 0 Å². The number of amides is 1. The maximum absolute atomic E-state index is 12.2. The molecule has 1 aromatic rings. The molecule has 0 bridgehead atoms. The van der Waals surface area contributed by atoms with Crippen molar-refractivity contribution < 1.29 is 9.90 Å². The predicted molar refractivity (Wildman–Crippen MR) is 94.1 cm³/mol. The molecule has 0 spiro atoms. The summed E-state index contributed by atoms with van der Waals surface area (Å²) < 4.78 is 0. The average Bonchev–Trinajstić information content (AvgIpc) is 2.62. The molecule has 0 aromatic carbocycles. The van der Waals surface area contributed by atoms with Gasteiger partial charge in [0.2, 0.25) is 0 Å². The molecule has 2 atom stereocenters. The number of aliphatic imine (C=N–C) groups is 1. The number of carbonyl (C=O) groups is 1. The molecule has 1 aliphatic heterocycles. The van der Waals surface area contributed by atoms with Gasteiger partial charge in [-0.15, -0.1) is 16.7 Å². The van der Waals surface area contributed by atoms with Crippen molar-refractivity contribution in [2.24, 2.45) is 4.99 Å². The predicted octanol–water partition coefficient (Wildman–Crippen LogP) is 2.39. The van der Waals surface area contributed by atoms with Crippen molar-refractivity contribution in [2.45, 2.75) is 44.2 Å². The maximum Gasteiger partial charge on any atom is 0.277 e. The van der Waals surface area contributed by atoms with Crippen LogP contribution >= 0.6 is 11.6 Å². The number of halogens is 1. The number of carbonyl (C=O) groups excluding carboxylic acids is 1. The minimum atomic E-state index is -0.395. The summed E-state index contributed by atoms with van der Waals surface area (Å²) in [5, 5.41) is 19.1. The summed E-state index contributed by atoms with van der Waals surface area (Å²) in [7, 11) is 0. The summed E-state index contributed by atoms with van der Waals surface area (Å²) in [6, 6.07) is 2.99. The van der Waals surface area contributed by atoms with Gasteiger partial charge >= 0.3 is 0 Å². The van der Waals surface area contributed by atoms with Crippen LogP contribution in [0, 0.1) is 0 Å². The van der Waals surface area contributed by atoms with Gasteiger partial charge in [0.1, 0.15) is 5.84 Å². The lowest BCUT2D eigenvalue weighted by molar-refractivity contribution is 0.0971. The largest absolute Gasteiger partial charge is 0.390 e. The number of nitrogens with zero attached hydrogens (tertiary/aromatic N) is 3. The van der Waals surface area contributed by atoms with E-state index in [-0.39, 0.29) is 23.7 Å². The molecule has 1 unspecified atom stereocenters. The Kier molecular flexibility index (Phi) is 7.08. The van der Waals surface area contributed by atoms with Crippen molar-refractivity contribution in [1.82, 2.24) is 15.5 Å². The fourth-order valence-electron chi connectivity index (χ4n) is 2.19. The molecule has 6 nitrogen and oxygen atoms in total. The molecule has 2 heterocycles. The summed E-state index contributed by atoms with van der Waals surface area (Å²) in [5.74, 6) is 0.0717. The Morgan fingerprint density at radius 1 is 1.46 bits per heavy atom. The van der Waals surface area contributed by atoms with Crippen molar-refractivity contribution in [3.05, 3.63) is 47.8 Å². The Labute approximate surface area is 146 Å². The minimum absolute atomic E-state index is 0.0729. The zero-order chi connectivity index (χ0) is 17.4. The molecule has 0 fully saturated rings. The summed E-state index contributed by atoms with van der Waals surface area (Å²) in [6.45, 7) is 1.86. The third-order valence-electron chi connectivity index (χ3n) is 3.50. The van der Waals surface area contributed by atoms with E-state index < -0.39 is 5.91 Å². The number of aliphatic hydroxyl groups excluding tert-OH is 1. The quantitative estimate of drug-likeness (QED) is 0.610. The Bertz CT molecular complexity index is 640. The highest BCUT2D eigenvalue weighted by Crippen LogP contribution is 2.19. The second-order valence-corrected chi connectivity index (χ2v) is 5.93. The fraction of sp³-hybridized carbons (Fsp3) is 0.412. The lowest BCUT2D eigenvalue weighted by Crippen LogP contribution is -2.34. The van der Waals surface area contributed by atoms with Gasteiger partial charge in [0.15, 0.2) is 5.69 Å². The van der Waals surface area contributed by atoms with Crippen LogP contribution in [0.1, 0.15) is 42.4 Å². The summed E-state index contributed by atoms with van der Waals surface area (Å²) in [5.41, 5.74) is 0.574. The molecule has 1 aliphatic rings. The van der Waals surface area contributed by atoms with Gasteiger partial charge in [0, 0.05) is 0 Å². The molecule has 2 N–H and O–H groups in total. The van der Waals surface area contributed by atoms with E-state index in [1.807, 2.05) is 6.08 Å². The number of hydrogen-bond donors (Lipinski definition) is 2. The highest BCUT2D eigenvalue weighted by molar-refractivity contribution is 6.21. The number of aromatic nitrogens is 2. The van der Waals surface area contributed by atoms with Crippen LogP contribution in [-0.2, 0) is 6.61 Å². The van der Waals surface area contributed by atoms with Gasteiger partial charge in [-0.2, -0.15) is 5.10 Å². The van der Waals surface area contributed by atoms with Crippen molar-refractivity contribution in [3.63, 3.8) is 0 Å². The first-order chi connectivity index (χ1) is 11.6. The highest BCUT2D eigenvalue weighted by atomic mass is 35.5. The van der Waals surface area contributed by atoms with E-state index in [1.54, 1.807) is 12.1 Å². The topological polar surface area (TPSA) is 87.5 Å². The lowest BCUT2D eigenvalue weighted by atomic mass is 10.1. The van der Waals surface area contributed by atoms with E-state index in [2.05, 4.69) is 39.6 Å². The molecule has 0 aliphatic carbocycles. The smallest absolute Gasteiger partial charge is 0.277 e. The van der Waals surface area contributed by atoms with Crippen molar-refractivity contribution in [3.8, 4) is 0 Å². The number of aliphatic hydroxyl groups is 1. The number of rotatable bonds is 6. The molecule has 2 rings (SSSR count). The van der Waals surface area contributed by atoms with E-state index in [4.69, 9.17) is 16.7 Å². The van der Waals surface area contributed by atoms with E-state index in [9.17, 15) is 4.79 Å². The van der Waals surface area contributed by atoms with Gasteiger partial charge in [0.05, 0.1) is 23.7 Å². The van der Waals surface area contributed by atoms with Crippen LogP contribution in [0.25, 0.3) is 0 Å². The molecule has 1 aromatic heterocycles. The number of hydrogen-bond acceptors (Lipinski definition) is 5. The van der Waals surface area contributed by atoms with Crippen LogP contribution in [0.4, 0.5) is 0 Å². The van der Waals surface area contributed by atoms with Crippen LogP contribution < -0.4 is 5.32 Å². The van der Waals surface area contributed by atoms with Crippen molar-refractivity contribution >= 4 is 23.3 Å². The second kappa shape index (κ2) is 9.30. The summed E-state index contributed by atoms with van der Waals surface area (Å²) >= 11 is 6.40. The number of alkyl halides is 1. The van der Waals surface area contributed by atoms with Crippen LogP contribution in [0.15, 0.2) is 41.4 Å². The van der Waals surface area contributed by atoms with Gasteiger partial charge in [-0.05, 0) is 37.5 Å². The van der Waals surface area contributed by atoms with Gasteiger partial charge in [0.25, 0.3) is 5.91 Å². The Morgan fingerprint density at radius 3 is 2.96 bits per heavy atom. The molecule has 1 amide bonds. The third-order valence-corrected chi connectivity index (χ3v) is 3.96. The van der Waals surface area contributed by atoms with Gasteiger partial charge < -0.3 is 10.4 Å². The number of allylic oxidation sites excluding steroid dienone is 2. The summed E-state index contributed by atoms with van der Waals surface area (Å²) in [6.07, 6.45) is 10.3. The van der Waals surface area contributed by atoms with E-state index >= 15 is 0 Å². The zero-order valence-corrected chi connectivity index (χ0v) is 14.3. The van der Waals surface area contributed by atoms with Crippen molar-refractivity contribution in [1.29, 1.82) is 0 Å². The average molecular weight is 349 g/mol. The van der Waals surface area contributed by atoms with Gasteiger partial charge in [-0.25, -0.2) is 0 Å². The van der Waals surface area contributed by atoms with E-state index in [1.165, 1.54) is 6.07 Å². The standard InChI is InChI=1S/C17H21ClN4O2/c1-2-3-4-6-13(18)14-7-5-8-16(19-14)20-17(24)15-10-9-12(11-23)21-22-15/h3-5,8-10,13-14,23H,2,6-7,11H2,1H3,(H,19,20,24)/b4-3-/t13?,14-/m1/s1. The van der Waals surface area contributed by atoms with Gasteiger partial charge in [-0.1, -0.05) is 25.2 Å². The number of dihydropyridines is 1. The second-order valence-electron chi connectivity index (χ2n) is 5.37. The van der Waals surface area contributed by atoms with Crippen LogP contribution in [0.2, 0.25) is 0 Å². The van der Waals surface area contributed by atoms with E-state index in [0.29, 0.717) is 11.5 Å². The molecule has 0 saturated heterocycles. The number of nitrogens with one attached hydrogen (secondary N) is 1. The molecular weight excluding hydrogens is 328 g/mol. The Morgan fingerprint density at radius 2 is 2.29 bits per heavy atom. The molecule has 0 saturated carbocycles. The third kappa shape index (κ3) is 5.25. The first-order valence-corrected chi connectivity index (χ1v) is 8.36. The Hall–Kier alpha value is -2.05. The minimum Gasteiger partial charge on any atom is -0.390 e. The first kappa shape index (κ1) is 18.3. The zero-order valence-electron chi connectivity index (χ0n) is 13.5. The lowest BCUT2D eigenvalue weighted by Gasteiger charge is -2.20. The van der Waals surface area contributed by atoms with E-state index in [0.717, 1.165) is 19.3 Å². The van der Waals surface area contributed by atoms with Crippen LogP contribution in [0.5, 0.6) is 0 Å². The number of amidine groups is 1. The molecular formula is C17H21ClN4O2. The molecule has 24 heavy (non-hydrogen) atoms. The van der Waals surface area contributed by atoms with Crippen LogP contribution in [-0.4, -0.2) is 38.5 Å². The summed E-state index contributed by atoms with van der Waals surface area (Å²) in [4.78, 5) is 16.7. The molecule has 0 radical (unpaired) electrons. The monoisotopic (exact) mass is 348 g/mol. The molecule has 128 valence electrons. The Balaban J connectivity index is 1.98.